The molecule has 0 saturated carbocycles. The molecule has 1 aliphatic rings. The Kier molecular flexibility index (Phi) is 3.43. The molecule has 7 N–H and O–H groups in total. The maximum Gasteiger partial charge on any atom is 0.188 e. The van der Waals surface area contributed by atoms with Gasteiger partial charge >= 0.3 is 0 Å². The molecule has 1 fully saturated rings. The van der Waals surface area contributed by atoms with Crippen LogP contribution < -0.4 is 5.73 Å². The molecule has 0 aromatic rings. The molecule has 1 rings (SSSR count). The average Bonchev–Trinajstić information content (AvgIpc) is 2.20. The third kappa shape index (κ3) is 1.63. The molecule has 1 saturated heterocycles. The van der Waals surface area contributed by atoms with Gasteiger partial charge < -0.3 is 36.0 Å². The van der Waals surface area contributed by atoms with Crippen LogP contribution in [0.5, 0.6) is 0 Å². The molecule has 0 spiro atoms. The number of rotatable bonds is 2. The van der Waals surface area contributed by atoms with Crippen molar-refractivity contribution < 1.29 is 30.3 Å². The Hall–Kier alpha value is -0.280. The van der Waals surface area contributed by atoms with Gasteiger partial charge in [-0.3, -0.25) is 0 Å². The molecule has 84 valence electrons. The third-order valence-corrected chi connectivity index (χ3v) is 2.45. The van der Waals surface area contributed by atoms with Crippen LogP contribution in [-0.4, -0.2) is 68.9 Å². The molecular weight excluding hydrogens is 194 g/mol. The van der Waals surface area contributed by atoms with Crippen molar-refractivity contribution in [3.8, 4) is 0 Å². The number of hydrogen-bond acceptors (Lipinski definition) is 7. The van der Waals surface area contributed by atoms with Crippen molar-refractivity contribution in [2.45, 2.75) is 30.2 Å². The average molecular weight is 209 g/mol. The molecule has 0 aliphatic carbocycles. The summed E-state index contributed by atoms with van der Waals surface area (Å²) in [4.78, 5) is 0. The molecular formula is C7H15NO6. The normalized spacial score (nSPS) is 49.3. The minimum atomic E-state index is -2.11. The number of aliphatic hydroxyl groups excluding tert-OH is 4. The number of aliphatic hydroxyl groups is 5. The second-order valence-corrected chi connectivity index (χ2v) is 3.34. The third-order valence-electron chi connectivity index (χ3n) is 2.45. The van der Waals surface area contributed by atoms with E-state index in [9.17, 15) is 20.4 Å². The van der Waals surface area contributed by atoms with Gasteiger partial charge in [0.05, 0.1) is 6.61 Å². The van der Waals surface area contributed by atoms with E-state index in [-0.39, 0.29) is 0 Å². The summed E-state index contributed by atoms with van der Waals surface area (Å²) in [6, 6.07) is 0. The molecule has 1 aliphatic heterocycles. The lowest BCUT2D eigenvalue weighted by atomic mass is 9.87. The lowest BCUT2D eigenvalue weighted by Crippen LogP contribution is -2.69. The highest BCUT2D eigenvalue weighted by molar-refractivity contribution is 5.00. The van der Waals surface area contributed by atoms with Gasteiger partial charge in [0.25, 0.3) is 0 Å². The summed E-state index contributed by atoms with van der Waals surface area (Å²) >= 11 is 0. The molecule has 0 aromatic heterocycles. The maximum absolute atomic E-state index is 9.61. The second-order valence-electron chi connectivity index (χ2n) is 3.34. The molecule has 14 heavy (non-hydrogen) atoms. The van der Waals surface area contributed by atoms with Crippen LogP contribution in [-0.2, 0) is 4.74 Å². The summed E-state index contributed by atoms with van der Waals surface area (Å²) in [5, 5.41) is 46.4. The molecule has 0 aromatic carbocycles. The quantitative estimate of drug-likeness (QED) is 0.273. The summed E-state index contributed by atoms with van der Waals surface area (Å²) in [6.45, 7) is -1.04. The van der Waals surface area contributed by atoms with Crippen molar-refractivity contribution in [2.75, 3.05) is 13.2 Å². The fourth-order valence-electron chi connectivity index (χ4n) is 1.38. The highest BCUT2D eigenvalue weighted by Gasteiger charge is 2.53. The van der Waals surface area contributed by atoms with Crippen molar-refractivity contribution in [3.63, 3.8) is 0 Å². The van der Waals surface area contributed by atoms with Crippen molar-refractivity contribution in [1.29, 1.82) is 0 Å². The number of nitrogens with two attached hydrogens (primary N) is 1. The minimum absolute atomic E-state index is 0.468. The Morgan fingerprint density at radius 3 is 2.29 bits per heavy atom. The Morgan fingerprint density at radius 1 is 1.29 bits per heavy atom. The predicted molar refractivity (Wildman–Crippen MR) is 44.0 cm³/mol. The van der Waals surface area contributed by atoms with E-state index in [1.54, 1.807) is 0 Å². The van der Waals surface area contributed by atoms with Crippen molar-refractivity contribution >= 4 is 0 Å². The van der Waals surface area contributed by atoms with E-state index in [1.165, 1.54) is 0 Å². The lowest BCUT2D eigenvalue weighted by Gasteiger charge is -2.45. The number of hydrogen-bond donors (Lipinski definition) is 6. The van der Waals surface area contributed by atoms with Crippen LogP contribution in [0.1, 0.15) is 0 Å². The highest BCUT2D eigenvalue weighted by atomic mass is 16.6. The van der Waals surface area contributed by atoms with Gasteiger partial charge in [0.1, 0.15) is 18.3 Å². The summed E-state index contributed by atoms with van der Waals surface area (Å²) in [6.07, 6.45) is -6.01. The molecule has 0 amide bonds. The van der Waals surface area contributed by atoms with E-state index < -0.39 is 43.4 Å². The van der Waals surface area contributed by atoms with Crippen LogP contribution in [0.3, 0.4) is 0 Å². The second kappa shape index (κ2) is 4.07. The van der Waals surface area contributed by atoms with Gasteiger partial charge in [-0.05, 0) is 0 Å². The zero-order valence-corrected chi connectivity index (χ0v) is 7.45. The maximum atomic E-state index is 9.61. The van der Waals surface area contributed by atoms with E-state index in [2.05, 4.69) is 0 Å². The van der Waals surface area contributed by atoms with Crippen LogP contribution in [0, 0.1) is 0 Å². The summed E-state index contributed by atoms with van der Waals surface area (Å²) in [5.41, 5.74) is 3.04. The molecule has 7 heteroatoms. The highest BCUT2D eigenvalue weighted by Crippen LogP contribution is 2.27. The van der Waals surface area contributed by atoms with Gasteiger partial charge in [-0.2, -0.15) is 0 Å². The van der Waals surface area contributed by atoms with Gasteiger partial charge in [-0.15, -0.1) is 0 Å². The number of ether oxygens (including phenoxy) is 1. The zero-order valence-electron chi connectivity index (χ0n) is 7.45. The zero-order chi connectivity index (χ0) is 10.9. The Bertz CT molecular complexity index is 203. The van der Waals surface area contributed by atoms with Crippen LogP contribution in [0.2, 0.25) is 0 Å². The molecule has 0 radical (unpaired) electrons. The van der Waals surface area contributed by atoms with Crippen LogP contribution in [0.15, 0.2) is 0 Å². The lowest BCUT2D eigenvalue weighted by molar-refractivity contribution is -0.325. The van der Waals surface area contributed by atoms with E-state index in [1.807, 2.05) is 0 Å². The van der Waals surface area contributed by atoms with Crippen LogP contribution >= 0.6 is 0 Å². The largest absolute Gasteiger partial charge is 0.394 e. The van der Waals surface area contributed by atoms with Gasteiger partial charge in [0.2, 0.25) is 0 Å². The summed E-state index contributed by atoms with van der Waals surface area (Å²) < 4.78 is 4.69. The smallest absolute Gasteiger partial charge is 0.188 e. The van der Waals surface area contributed by atoms with Crippen LogP contribution in [0.25, 0.3) is 0 Å². The first kappa shape index (κ1) is 11.8. The van der Waals surface area contributed by atoms with E-state index in [0.717, 1.165) is 0 Å². The molecule has 1 unspecified atom stereocenters. The van der Waals surface area contributed by atoms with Gasteiger partial charge in [0.15, 0.2) is 11.9 Å². The molecule has 0 bridgehead atoms. The van der Waals surface area contributed by atoms with Gasteiger partial charge in [0, 0.05) is 6.54 Å². The molecule has 7 nitrogen and oxygen atoms in total. The van der Waals surface area contributed by atoms with Crippen molar-refractivity contribution in [3.05, 3.63) is 0 Å². The summed E-state index contributed by atoms with van der Waals surface area (Å²) in [7, 11) is 0. The van der Waals surface area contributed by atoms with Crippen LogP contribution in [0.4, 0.5) is 0 Å². The molecule has 5 atom stereocenters. The topological polar surface area (TPSA) is 136 Å². The predicted octanol–water partition coefficient (Wildman–Crippen LogP) is -3.89. The van der Waals surface area contributed by atoms with Gasteiger partial charge in [-0.1, -0.05) is 0 Å². The standard InChI is InChI=1S/C7H15NO6/c8-2-7(13)5(11)4(10)3(1-9)14-6(7)12/h3-6,9-13H,1-2,8H2/t3-,4-,5+,6?,7+/m1/s1. The van der Waals surface area contributed by atoms with E-state index in [4.69, 9.17) is 15.6 Å². The fourth-order valence-corrected chi connectivity index (χ4v) is 1.38. The first-order valence-electron chi connectivity index (χ1n) is 4.20. The molecule has 1 heterocycles. The van der Waals surface area contributed by atoms with Gasteiger partial charge in [-0.25, -0.2) is 0 Å². The van der Waals surface area contributed by atoms with Crippen molar-refractivity contribution in [2.24, 2.45) is 5.73 Å². The minimum Gasteiger partial charge on any atom is -0.394 e. The summed E-state index contributed by atoms with van der Waals surface area (Å²) in [5.74, 6) is 0. The van der Waals surface area contributed by atoms with Crippen molar-refractivity contribution in [1.82, 2.24) is 0 Å². The Balaban J connectivity index is 2.84. The Labute approximate surface area is 80.3 Å². The fraction of sp³-hybridized carbons (Fsp3) is 1.00. The first-order valence-corrected chi connectivity index (χ1v) is 4.20. The monoisotopic (exact) mass is 209 g/mol. The Morgan fingerprint density at radius 2 is 1.86 bits per heavy atom. The van der Waals surface area contributed by atoms with E-state index >= 15 is 0 Å². The first-order chi connectivity index (χ1) is 6.47. The SMILES string of the molecule is NC[C@@]1(O)C(O)O[C@H](CO)[C@@H](O)[C@@H]1O. The van der Waals surface area contributed by atoms with E-state index in [0.29, 0.717) is 0 Å².